The minimum absolute atomic E-state index is 0.132. The Morgan fingerprint density at radius 3 is 2.32 bits per heavy atom. The Morgan fingerprint density at radius 2 is 1.68 bits per heavy atom. The first-order chi connectivity index (χ1) is 13.3. The lowest BCUT2D eigenvalue weighted by Gasteiger charge is -2.14. The van der Waals surface area contributed by atoms with Crippen LogP contribution >= 0.6 is 23.2 Å². The molecule has 5 nitrogen and oxygen atoms in total. The second-order valence-corrected chi connectivity index (χ2v) is 9.04. The quantitative estimate of drug-likeness (QED) is 0.533. The minimum atomic E-state index is -3.83. The molecule has 0 unspecified atom stereocenters. The van der Waals surface area contributed by atoms with Crippen LogP contribution in [0.2, 0.25) is 10.2 Å². The van der Waals surface area contributed by atoms with Crippen LogP contribution in [0, 0.1) is 0 Å². The number of nitrogens with one attached hydrogen (secondary N) is 1. The molecule has 146 valence electrons. The first kappa shape index (κ1) is 20.6. The van der Waals surface area contributed by atoms with Gasteiger partial charge in [-0.2, -0.15) is 0 Å². The van der Waals surface area contributed by atoms with Crippen LogP contribution in [0.4, 0.5) is 5.82 Å². The standard InChI is InChI=1S/C20H19Cl2N3O2S/c1-13(2)14-7-9-16(10-8-14)28(26,27)25-20-17(19(22)23-12-24-20)11-15-5-3-4-6-18(15)21/h3-10,12-13H,11H2,1-2H3,(H,23,24,25). The molecule has 1 aromatic heterocycles. The monoisotopic (exact) mass is 435 g/mol. The summed E-state index contributed by atoms with van der Waals surface area (Å²) in [5.74, 6) is 0.445. The molecule has 0 aliphatic heterocycles. The first-order valence-corrected chi connectivity index (χ1v) is 10.9. The SMILES string of the molecule is CC(C)c1ccc(S(=O)(=O)Nc2ncnc(Cl)c2Cc2ccccc2Cl)cc1. The number of benzene rings is 2. The van der Waals surface area contributed by atoms with E-state index in [2.05, 4.69) is 14.7 Å². The largest absolute Gasteiger partial charge is 0.263 e. The maximum atomic E-state index is 12.8. The number of halogens is 2. The van der Waals surface area contributed by atoms with Crippen LogP contribution in [0.15, 0.2) is 59.8 Å². The number of sulfonamides is 1. The summed E-state index contributed by atoms with van der Waals surface area (Å²) < 4.78 is 28.2. The number of rotatable bonds is 6. The van der Waals surface area contributed by atoms with Crippen molar-refractivity contribution in [3.8, 4) is 0 Å². The predicted octanol–water partition coefficient (Wildman–Crippen LogP) is 5.30. The lowest BCUT2D eigenvalue weighted by atomic mass is 10.0. The topological polar surface area (TPSA) is 72.0 Å². The van der Waals surface area contributed by atoms with Crippen LogP contribution in [0.3, 0.4) is 0 Å². The van der Waals surface area contributed by atoms with E-state index in [0.29, 0.717) is 22.9 Å². The van der Waals surface area contributed by atoms with E-state index in [0.717, 1.165) is 11.1 Å². The number of hydrogen-bond donors (Lipinski definition) is 1. The maximum Gasteiger partial charge on any atom is 0.263 e. The average molecular weight is 436 g/mol. The molecule has 8 heteroatoms. The van der Waals surface area contributed by atoms with Crippen molar-refractivity contribution in [2.75, 3.05) is 4.72 Å². The van der Waals surface area contributed by atoms with Gasteiger partial charge in [0.25, 0.3) is 10.0 Å². The summed E-state index contributed by atoms with van der Waals surface area (Å²) in [7, 11) is -3.83. The van der Waals surface area contributed by atoms with E-state index >= 15 is 0 Å². The Bertz CT molecular complexity index is 1080. The van der Waals surface area contributed by atoms with Crippen LogP contribution in [0.25, 0.3) is 0 Å². The van der Waals surface area contributed by atoms with Gasteiger partial charge in [-0.3, -0.25) is 4.72 Å². The molecule has 0 aliphatic carbocycles. The highest BCUT2D eigenvalue weighted by Crippen LogP contribution is 2.28. The van der Waals surface area contributed by atoms with E-state index in [4.69, 9.17) is 23.2 Å². The van der Waals surface area contributed by atoms with Gasteiger partial charge in [0.15, 0.2) is 0 Å². The smallest absolute Gasteiger partial charge is 0.263 e. The zero-order valence-corrected chi connectivity index (χ0v) is 17.7. The molecule has 1 heterocycles. The van der Waals surface area contributed by atoms with Crippen molar-refractivity contribution in [3.63, 3.8) is 0 Å². The summed E-state index contributed by atoms with van der Waals surface area (Å²) in [4.78, 5) is 8.22. The third-order valence-corrected chi connectivity index (χ3v) is 6.36. The van der Waals surface area contributed by atoms with Gasteiger partial charge in [0, 0.05) is 17.0 Å². The van der Waals surface area contributed by atoms with Gasteiger partial charge in [-0.1, -0.05) is 67.4 Å². The molecule has 3 rings (SSSR count). The molecular formula is C20H19Cl2N3O2S. The molecule has 28 heavy (non-hydrogen) atoms. The van der Waals surface area contributed by atoms with Crippen molar-refractivity contribution < 1.29 is 8.42 Å². The molecule has 0 atom stereocenters. The zero-order chi connectivity index (χ0) is 20.3. The van der Waals surface area contributed by atoms with Crippen LogP contribution in [-0.4, -0.2) is 18.4 Å². The second-order valence-electron chi connectivity index (χ2n) is 6.59. The Morgan fingerprint density at radius 1 is 1.00 bits per heavy atom. The van der Waals surface area contributed by atoms with Gasteiger partial charge in [-0.15, -0.1) is 0 Å². The van der Waals surface area contributed by atoms with Crippen molar-refractivity contribution in [3.05, 3.63) is 81.7 Å². The summed E-state index contributed by atoms with van der Waals surface area (Å²) in [6, 6.07) is 14.0. The van der Waals surface area contributed by atoms with E-state index in [9.17, 15) is 8.42 Å². The van der Waals surface area contributed by atoms with Crippen LogP contribution in [-0.2, 0) is 16.4 Å². The van der Waals surface area contributed by atoms with Crippen LogP contribution in [0.5, 0.6) is 0 Å². The number of hydrogen-bond acceptors (Lipinski definition) is 4. The molecule has 0 saturated heterocycles. The van der Waals surface area contributed by atoms with Crippen LogP contribution in [0.1, 0.15) is 36.5 Å². The molecule has 0 bridgehead atoms. The van der Waals surface area contributed by atoms with Crippen molar-refractivity contribution in [2.24, 2.45) is 0 Å². The number of anilines is 1. The molecule has 2 aromatic carbocycles. The van der Waals surface area contributed by atoms with Crippen molar-refractivity contribution in [2.45, 2.75) is 31.1 Å². The second kappa shape index (κ2) is 8.47. The van der Waals surface area contributed by atoms with Gasteiger partial charge < -0.3 is 0 Å². The highest BCUT2D eigenvalue weighted by Gasteiger charge is 2.20. The highest BCUT2D eigenvalue weighted by atomic mass is 35.5. The average Bonchev–Trinajstić information content (AvgIpc) is 2.66. The molecule has 0 spiro atoms. The minimum Gasteiger partial charge on any atom is -0.263 e. The molecule has 3 aromatic rings. The normalized spacial score (nSPS) is 11.6. The third kappa shape index (κ3) is 4.63. The number of aromatic nitrogens is 2. The van der Waals surface area contributed by atoms with E-state index in [1.165, 1.54) is 6.33 Å². The third-order valence-electron chi connectivity index (χ3n) is 4.31. The van der Waals surface area contributed by atoms with E-state index in [1.807, 2.05) is 32.0 Å². The first-order valence-electron chi connectivity index (χ1n) is 8.63. The number of nitrogens with zero attached hydrogens (tertiary/aromatic N) is 2. The van der Waals surface area contributed by atoms with E-state index in [-0.39, 0.29) is 15.9 Å². The van der Waals surface area contributed by atoms with Gasteiger partial charge in [0.2, 0.25) is 0 Å². The Hall–Kier alpha value is -2.15. The highest BCUT2D eigenvalue weighted by molar-refractivity contribution is 7.92. The Kier molecular flexibility index (Phi) is 6.23. The molecule has 0 fully saturated rings. The summed E-state index contributed by atoms with van der Waals surface area (Å²) in [5.41, 5.74) is 2.31. The molecule has 1 N–H and O–H groups in total. The summed E-state index contributed by atoms with van der Waals surface area (Å²) in [6.45, 7) is 4.09. The maximum absolute atomic E-state index is 12.8. The summed E-state index contributed by atoms with van der Waals surface area (Å²) in [6.07, 6.45) is 1.52. The lowest BCUT2D eigenvalue weighted by Crippen LogP contribution is -2.16. The van der Waals surface area contributed by atoms with E-state index < -0.39 is 10.0 Å². The predicted molar refractivity (Wildman–Crippen MR) is 113 cm³/mol. The molecular weight excluding hydrogens is 417 g/mol. The fraction of sp³-hybridized carbons (Fsp3) is 0.200. The fourth-order valence-corrected chi connectivity index (χ4v) is 4.13. The molecule has 0 amide bonds. The molecule has 0 aliphatic rings. The van der Waals surface area contributed by atoms with Crippen molar-refractivity contribution in [1.82, 2.24) is 9.97 Å². The van der Waals surface area contributed by atoms with Gasteiger partial charge in [-0.25, -0.2) is 18.4 Å². The van der Waals surface area contributed by atoms with Gasteiger partial charge in [0.1, 0.15) is 17.3 Å². The van der Waals surface area contributed by atoms with Gasteiger partial charge >= 0.3 is 0 Å². The molecule has 0 radical (unpaired) electrons. The van der Waals surface area contributed by atoms with Gasteiger partial charge in [-0.05, 0) is 35.2 Å². The van der Waals surface area contributed by atoms with Crippen LogP contribution < -0.4 is 4.72 Å². The Balaban J connectivity index is 1.93. The van der Waals surface area contributed by atoms with Crippen molar-refractivity contribution >= 4 is 39.0 Å². The lowest BCUT2D eigenvalue weighted by molar-refractivity contribution is 0.601. The Labute approximate surface area is 174 Å². The summed E-state index contributed by atoms with van der Waals surface area (Å²) in [5, 5.41) is 0.725. The van der Waals surface area contributed by atoms with Crippen molar-refractivity contribution in [1.29, 1.82) is 0 Å². The fourth-order valence-electron chi connectivity index (χ4n) is 2.69. The van der Waals surface area contributed by atoms with Gasteiger partial charge in [0.05, 0.1) is 4.90 Å². The zero-order valence-electron chi connectivity index (χ0n) is 15.4. The van der Waals surface area contributed by atoms with E-state index in [1.54, 1.807) is 30.3 Å². The summed E-state index contributed by atoms with van der Waals surface area (Å²) >= 11 is 12.5. The molecule has 0 saturated carbocycles.